The summed E-state index contributed by atoms with van der Waals surface area (Å²) in [7, 11) is -3.48. The number of sulfonamides is 1. The van der Waals surface area contributed by atoms with Gasteiger partial charge in [0.15, 0.2) is 0 Å². The maximum Gasteiger partial charge on any atom is 0.240 e. The number of nitrogens with two attached hydrogens (primary N) is 1. The molecule has 1 aromatic carbocycles. The van der Waals surface area contributed by atoms with E-state index in [1.54, 1.807) is 6.07 Å². The third-order valence-corrected chi connectivity index (χ3v) is 5.56. The Hall–Kier alpha value is -0.620. The molecule has 0 heterocycles. The monoisotopic (exact) mass is 302 g/mol. The quantitative estimate of drug-likeness (QED) is 0.876. The lowest BCUT2D eigenvalue weighted by Gasteiger charge is -2.38. The predicted octanol–water partition coefficient (Wildman–Crippen LogP) is 2.27. The first-order valence-corrected chi connectivity index (χ1v) is 8.21. The molecule has 1 saturated carbocycles. The highest BCUT2D eigenvalue weighted by molar-refractivity contribution is 7.89. The van der Waals surface area contributed by atoms with Crippen LogP contribution in [0.4, 0.5) is 0 Å². The van der Waals surface area contributed by atoms with Gasteiger partial charge in [-0.1, -0.05) is 24.9 Å². The lowest BCUT2D eigenvalue weighted by molar-refractivity contribution is 0.166. The molecule has 1 aliphatic rings. The van der Waals surface area contributed by atoms with Gasteiger partial charge in [-0.15, -0.1) is 0 Å². The lowest BCUT2D eigenvalue weighted by Crippen LogP contribution is -2.39. The minimum atomic E-state index is -3.48. The molecule has 6 heteroatoms. The van der Waals surface area contributed by atoms with Crippen LogP contribution in [0.3, 0.4) is 0 Å². The summed E-state index contributed by atoms with van der Waals surface area (Å²) >= 11 is 5.93. The standard InChI is InChI=1S/C13H19ClN2O2S/c1-13(5-2-6-13)9-16-19(17,18)11-3-4-12(14)10(7-11)8-15/h3-4,7,16H,2,5-6,8-9,15H2,1H3. The van der Waals surface area contributed by atoms with Crippen LogP contribution in [-0.4, -0.2) is 15.0 Å². The third kappa shape index (κ3) is 3.28. The van der Waals surface area contributed by atoms with Gasteiger partial charge in [-0.25, -0.2) is 13.1 Å². The van der Waals surface area contributed by atoms with Gasteiger partial charge in [0.05, 0.1) is 4.90 Å². The summed E-state index contributed by atoms with van der Waals surface area (Å²) in [5, 5.41) is 0.493. The Labute approximate surface area is 119 Å². The molecular weight excluding hydrogens is 284 g/mol. The summed E-state index contributed by atoms with van der Waals surface area (Å²) in [6.07, 6.45) is 3.32. The Morgan fingerprint density at radius 1 is 1.42 bits per heavy atom. The second-order valence-electron chi connectivity index (χ2n) is 5.45. The van der Waals surface area contributed by atoms with Crippen LogP contribution < -0.4 is 10.5 Å². The van der Waals surface area contributed by atoms with Crippen molar-refractivity contribution in [2.75, 3.05) is 6.54 Å². The van der Waals surface area contributed by atoms with Crippen molar-refractivity contribution >= 4 is 21.6 Å². The van der Waals surface area contributed by atoms with Gasteiger partial charge >= 0.3 is 0 Å². The number of hydrogen-bond acceptors (Lipinski definition) is 3. The van der Waals surface area contributed by atoms with E-state index in [9.17, 15) is 8.42 Å². The summed E-state index contributed by atoms with van der Waals surface area (Å²) in [6, 6.07) is 4.62. The maximum absolute atomic E-state index is 12.2. The molecule has 1 fully saturated rings. The maximum atomic E-state index is 12.2. The highest BCUT2D eigenvalue weighted by Crippen LogP contribution is 2.39. The largest absolute Gasteiger partial charge is 0.326 e. The van der Waals surface area contributed by atoms with Gasteiger partial charge in [0.2, 0.25) is 10.0 Å². The Morgan fingerprint density at radius 2 is 2.11 bits per heavy atom. The second-order valence-corrected chi connectivity index (χ2v) is 7.62. The fourth-order valence-corrected chi connectivity index (χ4v) is 3.63. The molecule has 0 aliphatic heterocycles. The van der Waals surface area contributed by atoms with Crippen molar-refractivity contribution in [2.24, 2.45) is 11.1 Å². The zero-order valence-corrected chi connectivity index (χ0v) is 12.5. The fraction of sp³-hybridized carbons (Fsp3) is 0.538. The van der Waals surface area contributed by atoms with E-state index < -0.39 is 10.0 Å². The Kier molecular flexibility index (Phi) is 4.20. The van der Waals surface area contributed by atoms with Gasteiger partial charge in [0.25, 0.3) is 0 Å². The van der Waals surface area contributed by atoms with Crippen LogP contribution in [0.1, 0.15) is 31.7 Å². The Morgan fingerprint density at radius 3 is 2.63 bits per heavy atom. The second kappa shape index (κ2) is 5.40. The van der Waals surface area contributed by atoms with Gasteiger partial charge < -0.3 is 5.73 Å². The molecular formula is C13H19ClN2O2S. The third-order valence-electron chi connectivity index (χ3n) is 3.80. The number of rotatable bonds is 5. The first kappa shape index (κ1) is 14.8. The van der Waals surface area contributed by atoms with Gasteiger partial charge in [-0.3, -0.25) is 0 Å². The molecule has 0 amide bonds. The average Bonchev–Trinajstić information content (AvgIpc) is 2.34. The van der Waals surface area contributed by atoms with Gasteiger partial charge in [-0.05, 0) is 42.0 Å². The van der Waals surface area contributed by atoms with Crippen molar-refractivity contribution in [1.29, 1.82) is 0 Å². The van der Waals surface area contributed by atoms with Crippen LogP contribution >= 0.6 is 11.6 Å². The Balaban J connectivity index is 2.14. The molecule has 0 saturated heterocycles. The van der Waals surface area contributed by atoms with Crippen molar-refractivity contribution < 1.29 is 8.42 Å². The molecule has 19 heavy (non-hydrogen) atoms. The molecule has 0 unspecified atom stereocenters. The van der Waals surface area contributed by atoms with Crippen LogP contribution in [0.25, 0.3) is 0 Å². The number of halogens is 1. The van der Waals surface area contributed by atoms with Crippen molar-refractivity contribution in [3.8, 4) is 0 Å². The van der Waals surface area contributed by atoms with Gasteiger partial charge in [0.1, 0.15) is 0 Å². The van der Waals surface area contributed by atoms with E-state index in [-0.39, 0.29) is 16.9 Å². The number of nitrogens with one attached hydrogen (secondary N) is 1. The minimum Gasteiger partial charge on any atom is -0.326 e. The van der Waals surface area contributed by atoms with Crippen molar-refractivity contribution in [2.45, 2.75) is 37.6 Å². The molecule has 106 valence electrons. The molecule has 4 nitrogen and oxygen atoms in total. The summed E-state index contributed by atoms with van der Waals surface area (Å²) in [6.45, 7) is 2.81. The van der Waals surface area contributed by atoms with E-state index in [0.29, 0.717) is 17.1 Å². The van der Waals surface area contributed by atoms with Gasteiger partial charge in [0, 0.05) is 18.1 Å². The van der Waals surface area contributed by atoms with E-state index in [4.69, 9.17) is 17.3 Å². The van der Waals surface area contributed by atoms with Crippen LogP contribution in [0.5, 0.6) is 0 Å². The molecule has 2 rings (SSSR count). The van der Waals surface area contributed by atoms with Crippen LogP contribution in [0.15, 0.2) is 23.1 Å². The van der Waals surface area contributed by atoms with E-state index >= 15 is 0 Å². The zero-order valence-electron chi connectivity index (χ0n) is 10.9. The summed E-state index contributed by atoms with van der Waals surface area (Å²) in [5.74, 6) is 0. The summed E-state index contributed by atoms with van der Waals surface area (Å²) in [5.41, 5.74) is 6.28. The smallest absolute Gasteiger partial charge is 0.240 e. The van der Waals surface area contributed by atoms with Crippen molar-refractivity contribution in [1.82, 2.24) is 4.72 Å². The van der Waals surface area contributed by atoms with Crippen LogP contribution in [0, 0.1) is 5.41 Å². The molecule has 3 N–H and O–H groups in total. The normalized spacial score (nSPS) is 18.1. The summed E-state index contributed by atoms with van der Waals surface area (Å²) < 4.78 is 27.1. The number of hydrogen-bond donors (Lipinski definition) is 2. The first-order chi connectivity index (χ1) is 8.86. The topological polar surface area (TPSA) is 72.2 Å². The molecule has 0 atom stereocenters. The van der Waals surface area contributed by atoms with Crippen LogP contribution in [-0.2, 0) is 16.6 Å². The first-order valence-electron chi connectivity index (χ1n) is 6.34. The SMILES string of the molecule is CC1(CNS(=O)(=O)c2ccc(Cl)c(CN)c2)CCC1. The summed E-state index contributed by atoms with van der Waals surface area (Å²) in [4.78, 5) is 0.222. The predicted molar refractivity (Wildman–Crippen MR) is 76.5 cm³/mol. The Bertz CT molecular complexity index is 568. The number of benzene rings is 1. The average molecular weight is 303 g/mol. The molecule has 1 aliphatic carbocycles. The van der Waals surface area contributed by atoms with Crippen molar-refractivity contribution in [3.63, 3.8) is 0 Å². The lowest BCUT2D eigenvalue weighted by atomic mass is 9.71. The molecule has 0 aromatic heterocycles. The zero-order chi connectivity index (χ0) is 14.1. The molecule has 0 radical (unpaired) electrons. The van der Waals surface area contributed by atoms with Crippen molar-refractivity contribution in [3.05, 3.63) is 28.8 Å². The molecule has 1 aromatic rings. The highest BCUT2D eigenvalue weighted by atomic mass is 35.5. The van der Waals surface area contributed by atoms with E-state index in [0.717, 1.165) is 12.8 Å². The van der Waals surface area contributed by atoms with E-state index in [1.807, 2.05) is 0 Å². The molecule has 0 spiro atoms. The van der Waals surface area contributed by atoms with Gasteiger partial charge in [-0.2, -0.15) is 0 Å². The minimum absolute atomic E-state index is 0.107. The molecule has 0 bridgehead atoms. The highest BCUT2D eigenvalue weighted by Gasteiger charge is 2.33. The van der Waals surface area contributed by atoms with Crippen LogP contribution in [0.2, 0.25) is 5.02 Å². The van der Waals surface area contributed by atoms with E-state index in [1.165, 1.54) is 18.6 Å². The van der Waals surface area contributed by atoms with E-state index in [2.05, 4.69) is 11.6 Å². The fourth-order valence-electron chi connectivity index (χ4n) is 2.18.